The van der Waals surface area contributed by atoms with Gasteiger partial charge in [0.05, 0.1) is 11.4 Å². The van der Waals surface area contributed by atoms with Crippen molar-refractivity contribution in [2.75, 3.05) is 5.32 Å². The number of nitrogens with zero attached hydrogens (tertiary/aromatic N) is 5. The molecular weight excluding hydrogens is 427 g/mol. The number of hydrogen-bond donors (Lipinski definition) is 1. The minimum absolute atomic E-state index is 0.189. The van der Waals surface area contributed by atoms with E-state index in [0.29, 0.717) is 28.0 Å². The van der Waals surface area contributed by atoms with E-state index in [1.54, 1.807) is 16.8 Å². The smallest absolute Gasteiger partial charge is 0.278 e. The van der Waals surface area contributed by atoms with Crippen LogP contribution in [-0.2, 0) is 5.75 Å². The van der Waals surface area contributed by atoms with Crippen LogP contribution >= 0.6 is 11.8 Å². The van der Waals surface area contributed by atoms with Crippen molar-refractivity contribution < 1.29 is 9.18 Å². The fourth-order valence-electron chi connectivity index (χ4n) is 3.18. The fourth-order valence-corrected chi connectivity index (χ4v) is 4.12. The van der Waals surface area contributed by atoms with E-state index in [0.717, 1.165) is 17.0 Å². The summed E-state index contributed by atoms with van der Waals surface area (Å²) >= 11 is 1.38. The Morgan fingerprint density at radius 2 is 1.72 bits per heavy atom. The molecule has 4 aromatic rings. The molecule has 2 aromatic heterocycles. The van der Waals surface area contributed by atoms with Crippen molar-refractivity contribution in [1.29, 1.82) is 0 Å². The summed E-state index contributed by atoms with van der Waals surface area (Å²) in [6.45, 7) is 5.73. The minimum atomic E-state index is -0.371. The summed E-state index contributed by atoms with van der Waals surface area (Å²) in [5, 5.41) is 11.8. The van der Waals surface area contributed by atoms with E-state index >= 15 is 0 Å². The summed E-state index contributed by atoms with van der Waals surface area (Å²) in [6.07, 6.45) is 0. The molecule has 1 N–H and O–H groups in total. The monoisotopic (exact) mass is 448 g/mol. The third kappa shape index (κ3) is 4.83. The van der Waals surface area contributed by atoms with Crippen LogP contribution in [0.25, 0.3) is 5.69 Å². The zero-order valence-corrected chi connectivity index (χ0v) is 18.7. The molecule has 1 amide bonds. The van der Waals surface area contributed by atoms with Gasteiger partial charge in [0.25, 0.3) is 5.91 Å². The first-order valence-electron chi connectivity index (χ1n) is 9.93. The van der Waals surface area contributed by atoms with E-state index in [2.05, 4.69) is 25.6 Å². The van der Waals surface area contributed by atoms with Crippen molar-refractivity contribution in [1.82, 2.24) is 25.0 Å². The van der Waals surface area contributed by atoms with E-state index < -0.39 is 0 Å². The van der Waals surface area contributed by atoms with E-state index in [9.17, 15) is 9.18 Å². The molecular formula is C23H21FN6OS. The molecule has 9 heteroatoms. The Morgan fingerprint density at radius 3 is 2.41 bits per heavy atom. The van der Waals surface area contributed by atoms with Crippen LogP contribution in [0.2, 0.25) is 0 Å². The Labute approximate surface area is 189 Å². The third-order valence-electron chi connectivity index (χ3n) is 4.74. The second-order valence-electron chi connectivity index (χ2n) is 7.26. The molecule has 7 nitrogen and oxygen atoms in total. The molecule has 162 valence electrons. The van der Waals surface area contributed by atoms with Gasteiger partial charge in [0, 0.05) is 22.8 Å². The van der Waals surface area contributed by atoms with Crippen LogP contribution in [0, 0.1) is 26.6 Å². The second kappa shape index (κ2) is 9.27. The van der Waals surface area contributed by atoms with Crippen molar-refractivity contribution in [3.05, 3.63) is 88.8 Å². The van der Waals surface area contributed by atoms with Crippen molar-refractivity contribution >= 4 is 23.4 Å². The second-order valence-corrected chi connectivity index (χ2v) is 8.21. The Morgan fingerprint density at radius 1 is 1.03 bits per heavy atom. The van der Waals surface area contributed by atoms with Crippen molar-refractivity contribution in [3.63, 3.8) is 0 Å². The molecule has 2 aromatic carbocycles. The maximum atomic E-state index is 13.4. The normalized spacial score (nSPS) is 10.9. The average molecular weight is 449 g/mol. The highest BCUT2D eigenvalue weighted by molar-refractivity contribution is 7.98. The standard InChI is InChI=1S/C23H21FN6OS/c1-14-6-4-5-7-19(14)27-22(31)21-20(13-32-23-25-15(2)12-16(3)26-23)30(29-28-21)18-10-8-17(24)9-11-18/h4-12H,13H2,1-3H3,(H,27,31). The van der Waals surface area contributed by atoms with E-state index in [1.165, 1.54) is 23.9 Å². The van der Waals surface area contributed by atoms with E-state index in [4.69, 9.17) is 0 Å². The van der Waals surface area contributed by atoms with E-state index in [-0.39, 0.29) is 17.4 Å². The Balaban J connectivity index is 1.68. The first kappa shape index (κ1) is 21.6. The largest absolute Gasteiger partial charge is 0.320 e. The lowest BCUT2D eigenvalue weighted by Crippen LogP contribution is -2.16. The van der Waals surface area contributed by atoms with Gasteiger partial charge in [-0.1, -0.05) is 35.2 Å². The van der Waals surface area contributed by atoms with Gasteiger partial charge < -0.3 is 5.32 Å². The molecule has 32 heavy (non-hydrogen) atoms. The van der Waals surface area contributed by atoms with Crippen molar-refractivity contribution in [3.8, 4) is 5.69 Å². The molecule has 0 radical (unpaired) electrons. The summed E-state index contributed by atoms with van der Waals surface area (Å²) in [5.41, 5.74) is 4.72. The molecule has 0 saturated carbocycles. The number of hydrogen-bond acceptors (Lipinski definition) is 6. The maximum Gasteiger partial charge on any atom is 0.278 e. The highest BCUT2D eigenvalue weighted by Crippen LogP contribution is 2.25. The summed E-state index contributed by atoms with van der Waals surface area (Å²) in [5.74, 6) is -0.375. The van der Waals surface area contributed by atoms with Crippen LogP contribution in [0.4, 0.5) is 10.1 Å². The molecule has 0 atom stereocenters. The molecule has 2 heterocycles. The molecule has 0 aliphatic heterocycles. The number of aryl methyl sites for hydroxylation is 3. The number of aromatic nitrogens is 5. The molecule has 0 unspecified atom stereocenters. The predicted octanol–water partition coefficient (Wildman–Crippen LogP) is 4.67. The molecule has 0 saturated heterocycles. The van der Waals surface area contributed by atoms with Gasteiger partial charge in [0.1, 0.15) is 5.82 Å². The lowest BCUT2D eigenvalue weighted by atomic mass is 10.2. The zero-order valence-electron chi connectivity index (χ0n) is 17.8. The summed E-state index contributed by atoms with van der Waals surface area (Å²) in [4.78, 5) is 22.0. The SMILES string of the molecule is Cc1cc(C)nc(SCc2c(C(=O)Nc3ccccc3C)nnn2-c2ccc(F)cc2)n1. The number of benzene rings is 2. The van der Waals surface area contributed by atoms with Crippen molar-refractivity contribution in [2.45, 2.75) is 31.7 Å². The molecule has 0 bridgehead atoms. The minimum Gasteiger partial charge on any atom is -0.320 e. The number of nitrogens with one attached hydrogen (secondary N) is 1. The topological polar surface area (TPSA) is 85.6 Å². The number of carbonyl (C=O) groups excluding carboxylic acids is 1. The van der Waals surface area contributed by atoms with Gasteiger partial charge in [-0.2, -0.15) is 0 Å². The van der Waals surface area contributed by atoms with Gasteiger partial charge in [0.2, 0.25) is 0 Å². The van der Waals surface area contributed by atoms with E-state index in [1.807, 2.05) is 51.1 Å². The quantitative estimate of drug-likeness (QED) is 0.341. The summed E-state index contributed by atoms with van der Waals surface area (Å²) in [6, 6.07) is 15.3. The number of para-hydroxylation sites is 1. The maximum absolute atomic E-state index is 13.4. The lowest BCUT2D eigenvalue weighted by Gasteiger charge is -2.10. The van der Waals surface area contributed by atoms with Crippen molar-refractivity contribution in [2.24, 2.45) is 0 Å². The summed E-state index contributed by atoms with van der Waals surface area (Å²) in [7, 11) is 0. The Kier molecular flexibility index (Phi) is 6.27. The first-order valence-corrected chi connectivity index (χ1v) is 10.9. The zero-order chi connectivity index (χ0) is 22.7. The number of anilines is 1. The van der Waals surface area contributed by atoms with Gasteiger partial charge in [-0.25, -0.2) is 19.0 Å². The molecule has 0 aliphatic carbocycles. The van der Waals surface area contributed by atoms with Gasteiger partial charge in [-0.15, -0.1) is 5.10 Å². The molecule has 0 fully saturated rings. The molecule has 0 spiro atoms. The number of carbonyl (C=O) groups is 1. The predicted molar refractivity (Wildman–Crippen MR) is 122 cm³/mol. The highest BCUT2D eigenvalue weighted by Gasteiger charge is 2.22. The third-order valence-corrected chi connectivity index (χ3v) is 5.60. The van der Waals surface area contributed by atoms with Crippen LogP contribution in [0.3, 0.4) is 0 Å². The number of amides is 1. The van der Waals surface area contributed by atoms with Crippen LogP contribution < -0.4 is 5.32 Å². The number of thioether (sulfide) groups is 1. The average Bonchev–Trinajstić information content (AvgIpc) is 3.18. The van der Waals surface area contributed by atoms with Gasteiger partial charge in [-0.3, -0.25) is 4.79 Å². The highest BCUT2D eigenvalue weighted by atomic mass is 32.2. The van der Waals surface area contributed by atoms with Crippen LogP contribution in [0.1, 0.15) is 33.1 Å². The van der Waals surface area contributed by atoms with Gasteiger partial charge >= 0.3 is 0 Å². The summed E-state index contributed by atoms with van der Waals surface area (Å²) < 4.78 is 15.0. The Bertz CT molecular complexity index is 1250. The van der Waals surface area contributed by atoms with Crippen LogP contribution in [0.5, 0.6) is 0 Å². The Hall–Kier alpha value is -3.59. The van der Waals surface area contributed by atoms with Crippen LogP contribution in [-0.4, -0.2) is 30.9 Å². The van der Waals surface area contributed by atoms with Gasteiger partial charge in [-0.05, 0) is 62.7 Å². The molecule has 4 rings (SSSR count). The van der Waals surface area contributed by atoms with Crippen LogP contribution in [0.15, 0.2) is 59.8 Å². The fraction of sp³-hybridized carbons (Fsp3) is 0.174. The number of halogens is 1. The first-order chi connectivity index (χ1) is 15.4. The molecule has 0 aliphatic rings. The lowest BCUT2D eigenvalue weighted by molar-refractivity contribution is 0.102. The van der Waals surface area contributed by atoms with Gasteiger partial charge in [0.15, 0.2) is 10.9 Å². The number of rotatable bonds is 6.